The van der Waals surface area contributed by atoms with E-state index < -0.39 is 0 Å². The molecule has 1 spiro atoms. The van der Waals surface area contributed by atoms with Crippen LogP contribution in [-0.4, -0.2) is 53.8 Å². The fourth-order valence-corrected chi connectivity index (χ4v) is 4.21. The molecule has 4 rings (SSSR count). The van der Waals surface area contributed by atoms with Gasteiger partial charge in [0.15, 0.2) is 5.96 Å². The van der Waals surface area contributed by atoms with E-state index in [1.54, 1.807) is 0 Å². The van der Waals surface area contributed by atoms with Gasteiger partial charge in [-0.3, -0.25) is 4.99 Å². The highest BCUT2D eigenvalue weighted by molar-refractivity contribution is 5.80. The van der Waals surface area contributed by atoms with Crippen molar-refractivity contribution in [2.45, 2.75) is 32.9 Å². The Hall–Kier alpha value is -2.34. The summed E-state index contributed by atoms with van der Waals surface area (Å²) in [7, 11) is 1.87. The van der Waals surface area contributed by atoms with Crippen LogP contribution in [0, 0.1) is 12.3 Å². The first-order chi connectivity index (χ1) is 13.2. The van der Waals surface area contributed by atoms with Crippen molar-refractivity contribution in [2.75, 3.05) is 33.4 Å². The molecular formula is C21H29N5O. The van der Waals surface area contributed by atoms with Crippen LogP contribution in [0.5, 0.6) is 0 Å². The number of likely N-dealkylation sites (tertiary alicyclic amines) is 1. The summed E-state index contributed by atoms with van der Waals surface area (Å²) in [4.78, 5) is 11.2. The Bertz CT molecular complexity index is 806. The van der Waals surface area contributed by atoms with E-state index >= 15 is 0 Å². The fourth-order valence-electron chi connectivity index (χ4n) is 4.21. The number of aromatic nitrogens is 2. The average molecular weight is 367 g/mol. The lowest BCUT2D eigenvalue weighted by molar-refractivity contribution is 0.156. The molecular weight excluding hydrogens is 338 g/mol. The van der Waals surface area contributed by atoms with Crippen LogP contribution < -0.4 is 5.32 Å². The summed E-state index contributed by atoms with van der Waals surface area (Å²) in [6.07, 6.45) is 6.25. The highest BCUT2D eigenvalue weighted by atomic mass is 16.5. The molecule has 2 aliphatic heterocycles. The minimum absolute atomic E-state index is 0.347. The normalized spacial score (nSPS) is 22.7. The van der Waals surface area contributed by atoms with Gasteiger partial charge in [0.05, 0.1) is 6.61 Å². The summed E-state index contributed by atoms with van der Waals surface area (Å²) in [5.41, 5.74) is 2.90. The minimum Gasteiger partial charge on any atom is -0.381 e. The first-order valence-electron chi connectivity index (χ1n) is 9.76. The van der Waals surface area contributed by atoms with Crippen LogP contribution >= 0.6 is 0 Å². The van der Waals surface area contributed by atoms with Gasteiger partial charge >= 0.3 is 0 Å². The fraction of sp³-hybridized carbons (Fsp3) is 0.524. The maximum absolute atomic E-state index is 5.64. The summed E-state index contributed by atoms with van der Waals surface area (Å²) in [5.74, 6) is 2.03. The number of hydrogen-bond donors (Lipinski definition) is 1. The number of aliphatic imine (C=N–C) groups is 1. The summed E-state index contributed by atoms with van der Waals surface area (Å²) in [6.45, 7) is 7.58. The van der Waals surface area contributed by atoms with Gasteiger partial charge in [0.2, 0.25) is 0 Å². The Balaban J connectivity index is 1.36. The molecule has 1 N–H and O–H groups in total. The molecule has 0 radical (unpaired) electrons. The molecule has 144 valence electrons. The second-order valence-corrected chi connectivity index (χ2v) is 7.80. The van der Waals surface area contributed by atoms with Crippen LogP contribution in [0.2, 0.25) is 0 Å². The number of benzene rings is 1. The standard InChI is InChI=1S/C21H29N5O/c1-17-23-8-10-25(17)14-19-5-3-4-18(12-19)13-24-20(22-2)26-9-6-21(15-26)7-11-27-16-21/h3-5,8,10,12H,6-7,9,11,13-16H2,1-2H3,(H,22,24). The summed E-state index contributed by atoms with van der Waals surface area (Å²) in [6, 6.07) is 8.72. The van der Waals surface area contributed by atoms with E-state index in [-0.39, 0.29) is 0 Å². The average Bonchev–Trinajstić information content (AvgIpc) is 3.41. The first kappa shape index (κ1) is 18.0. The third kappa shape index (κ3) is 4.00. The molecule has 27 heavy (non-hydrogen) atoms. The number of nitrogens with one attached hydrogen (secondary N) is 1. The van der Waals surface area contributed by atoms with Gasteiger partial charge in [0, 0.05) is 57.6 Å². The first-order valence-corrected chi connectivity index (χ1v) is 9.76. The van der Waals surface area contributed by atoms with Gasteiger partial charge in [-0.15, -0.1) is 0 Å². The van der Waals surface area contributed by atoms with Crippen LogP contribution in [0.15, 0.2) is 41.7 Å². The highest BCUT2D eigenvalue weighted by Gasteiger charge is 2.42. The van der Waals surface area contributed by atoms with Crippen LogP contribution in [-0.2, 0) is 17.8 Å². The lowest BCUT2D eigenvalue weighted by Crippen LogP contribution is -2.41. The molecule has 1 atom stereocenters. The largest absolute Gasteiger partial charge is 0.381 e. The van der Waals surface area contributed by atoms with Crippen LogP contribution in [0.25, 0.3) is 0 Å². The topological polar surface area (TPSA) is 54.7 Å². The lowest BCUT2D eigenvalue weighted by atomic mass is 9.87. The van der Waals surface area contributed by atoms with Gasteiger partial charge in [-0.1, -0.05) is 24.3 Å². The molecule has 3 heterocycles. The Morgan fingerprint density at radius 2 is 2.22 bits per heavy atom. The van der Waals surface area contributed by atoms with E-state index in [1.165, 1.54) is 24.0 Å². The number of guanidine groups is 1. The van der Waals surface area contributed by atoms with Crippen molar-refractivity contribution in [1.29, 1.82) is 0 Å². The molecule has 0 saturated carbocycles. The monoisotopic (exact) mass is 367 g/mol. The van der Waals surface area contributed by atoms with E-state index in [0.29, 0.717) is 5.41 Å². The van der Waals surface area contributed by atoms with Crippen LogP contribution in [0.3, 0.4) is 0 Å². The smallest absolute Gasteiger partial charge is 0.193 e. The second kappa shape index (κ2) is 7.72. The molecule has 1 unspecified atom stereocenters. The van der Waals surface area contributed by atoms with Gasteiger partial charge in [0.25, 0.3) is 0 Å². The molecule has 2 saturated heterocycles. The van der Waals surface area contributed by atoms with Crippen molar-refractivity contribution in [3.8, 4) is 0 Å². The zero-order valence-electron chi connectivity index (χ0n) is 16.3. The highest BCUT2D eigenvalue weighted by Crippen LogP contribution is 2.38. The molecule has 1 aromatic carbocycles. The molecule has 0 bridgehead atoms. The minimum atomic E-state index is 0.347. The van der Waals surface area contributed by atoms with Crippen LogP contribution in [0.1, 0.15) is 29.8 Å². The van der Waals surface area contributed by atoms with Gasteiger partial charge in [0.1, 0.15) is 5.82 Å². The molecule has 6 heteroatoms. The second-order valence-electron chi connectivity index (χ2n) is 7.80. The summed E-state index contributed by atoms with van der Waals surface area (Å²) >= 11 is 0. The summed E-state index contributed by atoms with van der Waals surface area (Å²) < 4.78 is 7.81. The van der Waals surface area contributed by atoms with E-state index in [2.05, 4.69) is 49.0 Å². The molecule has 0 aliphatic carbocycles. The number of rotatable bonds is 4. The maximum Gasteiger partial charge on any atom is 0.193 e. The maximum atomic E-state index is 5.64. The number of aryl methyl sites for hydroxylation is 1. The van der Waals surface area contributed by atoms with Gasteiger partial charge in [-0.2, -0.15) is 0 Å². The van der Waals surface area contributed by atoms with E-state index in [0.717, 1.165) is 51.2 Å². The molecule has 2 aromatic rings. The zero-order chi connectivity index (χ0) is 18.7. The Kier molecular flexibility index (Phi) is 5.16. The van der Waals surface area contributed by atoms with Crippen molar-refractivity contribution in [2.24, 2.45) is 10.4 Å². The van der Waals surface area contributed by atoms with Crippen LogP contribution in [0.4, 0.5) is 0 Å². The van der Waals surface area contributed by atoms with Crippen molar-refractivity contribution >= 4 is 5.96 Å². The van der Waals surface area contributed by atoms with Crippen molar-refractivity contribution < 1.29 is 4.74 Å². The summed E-state index contributed by atoms with van der Waals surface area (Å²) in [5, 5.41) is 3.55. The number of ether oxygens (including phenoxy) is 1. The molecule has 2 fully saturated rings. The van der Waals surface area contributed by atoms with Crippen molar-refractivity contribution in [3.63, 3.8) is 0 Å². The number of hydrogen-bond acceptors (Lipinski definition) is 3. The molecule has 1 aromatic heterocycles. The van der Waals surface area contributed by atoms with E-state index in [4.69, 9.17) is 4.74 Å². The Labute approximate surface area is 161 Å². The van der Waals surface area contributed by atoms with Gasteiger partial charge in [-0.25, -0.2) is 4.98 Å². The van der Waals surface area contributed by atoms with E-state index in [1.807, 2.05) is 26.4 Å². The van der Waals surface area contributed by atoms with Gasteiger partial charge < -0.3 is 19.5 Å². The van der Waals surface area contributed by atoms with Crippen molar-refractivity contribution in [3.05, 3.63) is 53.6 Å². The Morgan fingerprint density at radius 3 is 2.96 bits per heavy atom. The predicted molar refractivity (Wildman–Crippen MR) is 107 cm³/mol. The third-order valence-corrected chi connectivity index (χ3v) is 5.85. The quantitative estimate of drug-likeness (QED) is 0.666. The molecule has 0 amide bonds. The number of nitrogens with zero attached hydrogens (tertiary/aromatic N) is 4. The third-order valence-electron chi connectivity index (χ3n) is 5.85. The number of imidazole rings is 1. The van der Waals surface area contributed by atoms with Crippen molar-refractivity contribution in [1.82, 2.24) is 19.8 Å². The lowest BCUT2D eigenvalue weighted by Gasteiger charge is -2.25. The molecule has 2 aliphatic rings. The van der Waals surface area contributed by atoms with E-state index in [9.17, 15) is 0 Å². The molecule has 6 nitrogen and oxygen atoms in total. The SMILES string of the molecule is CN=C(NCc1cccc(Cn2ccnc2C)c1)N1CCC2(CCOC2)C1. The Morgan fingerprint density at radius 1 is 1.33 bits per heavy atom. The zero-order valence-corrected chi connectivity index (χ0v) is 16.3. The van der Waals surface area contributed by atoms with Gasteiger partial charge in [-0.05, 0) is 30.9 Å². The predicted octanol–water partition coefficient (Wildman–Crippen LogP) is 2.43.